The highest BCUT2D eigenvalue weighted by molar-refractivity contribution is 5.87. The Kier molecular flexibility index (Phi) is 16.0. The molecule has 1 nitrogen and oxygen atoms in total. The lowest BCUT2D eigenvalue weighted by atomic mass is 10.0. The third-order valence-electron chi connectivity index (χ3n) is 3.83. The van der Waals surface area contributed by atoms with Gasteiger partial charge in [0.1, 0.15) is 0 Å². The molecule has 0 unspecified atom stereocenters. The van der Waals surface area contributed by atoms with Gasteiger partial charge in [0.25, 0.3) is 0 Å². The van der Waals surface area contributed by atoms with Crippen molar-refractivity contribution in [2.24, 2.45) is 0 Å². The molecule has 0 aliphatic carbocycles. The predicted molar refractivity (Wildman–Crippen MR) is 90.1 cm³/mol. The molecule has 0 saturated carbocycles. The zero-order valence-electron chi connectivity index (χ0n) is 14.0. The summed E-state index contributed by atoms with van der Waals surface area (Å²) in [5.41, 5.74) is 0. The number of hydrogen-bond donors (Lipinski definition) is 0. The molecule has 0 aromatic rings. The molecule has 0 radical (unpaired) electrons. The molecule has 0 fully saturated rings. The SMILES string of the molecule is CCCCCCCCCCCCCCCC=CC(C)=O. The lowest BCUT2D eigenvalue weighted by Gasteiger charge is -2.02. The molecule has 0 amide bonds. The third kappa shape index (κ3) is 17.4. The van der Waals surface area contributed by atoms with E-state index in [9.17, 15) is 4.79 Å². The molecule has 118 valence electrons. The van der Waals surface area contributed by atoms with Crippen molar-refractivity contribution in [1.29, 1.82) is 0 Å². The van der Waals surface area contributed by atoms with Crippen molar-refractivity contribution in [3.05, 3.63) is 12.2 Å². The highest BCUT2D eigenvalue weighted by Gasteiger charge is 1.93. The summed E-state index contributed by atoms with van der Waals surface area (Å²) < 4.78 is 0. The molecule has 0 spiro atoms. The maximum absolute atomic E-state index is 10.7. The Labute approximate surface area is 127 Å². The Morgan fingerprint density at radius 1 is 0.700 bits per heavy atom. The molecule has 20 heavy (non-hydrogen) atoms. The highest BCUT2D eigenvalue weighted by atomic mass is 16.1. The van der Waals surface area contributed by atoms with Gasteiger partial charge in [0.15, 0.2) is 5.78 Å². The van der Waals surface area contributed by atoms with Gasteiger partial charge < -0.3 is 0 Å². The van der Waals surface area contributed by atoms with Gasteiger partial charge in [-0.05, 0) is 25.8 Å². The van der Waals surface area contributed by atoms with Crippen molar-refractivity contribution in [2.45, 2.75) is 104 Å². The van der Waals surface area contributed by atoms with Crippen LogP contribution < -0.4 is 0 Å². The van der Waals surface area contributed by atoms with E-state index in [2.05, 4.69) is 6.92 Å². The van der Waals surface area contributed by atoms with Crippen LogP contribution in [-0.2, 0) is 4.79 Å². The number of rotatable bonds is 15. The summed E-state index contributed by atoms with van der Waals surface area (Å²) in [4.78, 5) is 10.7. The van der Waals surface area contributed by atoms with Gasteiger partial charge in [-0.3, -0.25) is 4.79 Å². The van der Waals surface area contributed by atoms with Crippen LogP contribution in [0.3, 0.4) is 0 Å². The molecule has 0 saturated heterocycles. The Morgan fingerprint density at radius 3 is 1.50 bits per heavy atom. The Balaban J connectivity index is 3.01. The van der Waals surface area contributed by atoms with Crippen molar-refractivity contribution in [2.75, 3.05) is 0 Å². The summed E-state index contributed by atoms with van der Waals surface area (Å²) in [7, 11) is 0. The molecule has 0 aliphatic heterocycles. The van der Waals surface area contributed by atoms with Crippen molar-refractivity contribution in [1.82, 2.24) is 0 Å². The number of carbonyl (C=O) groups is 1. The van der Waals surface area contributed by atoms with Crippen LogP contribution in [0.1, 0.15) is 104 Å². The molecule has 0 N–H and O–H groups in total. The monoisotopic (exact) mass is 280 g/mol. The van der Waals surface area contributed by atoms with Crippen LogP contribution in [0.15, 0.2) is 12.2 Å². The molecule has 0 rings (SSSR count). The van der Waals surface area contributed by atoms with Gasteiger partial charge in [-0.25, -0.2) is 0 Å². The summed E-state index contributed by atoms with van der Waals surface area (Å²) in [5, 5.41) is 0. The molecule has 0 aromatic carbocycles. The fourth-order valence-corrected chi connectivity index (χ4v) is 2.53. The van der Waals surface area contributed by atoms with Crippen LogP contribution in [0.2, 0.25) is 0 Å². The summed E-state index contributed by atoms with van der Waals surface area (Å²) in [6, 6.07) is 0. The quantitative estimate of drug-likeness (QED) is 0.243. The zero-order chi connectivity index (χ0) is 14.9. The summed E-state index contributed by atoms with van der Waals surface area (Å²) in [6.07, 6.45) is 22.9. The molecule has 0 aromatic heterocycles. The van der Waals surface area contributed by atoms with Crippen molar-refractivity contribution < 1.29 is 4.79 Å². The lowest BCUT2D eigenvalue weighted by molar-refractivity contribution is -0.112. The van der Waals surface area contributed by atoms with Gasteiger partial charge in [0.05, 0.1) is 0 Å². The Bertz CT molecular complexity index is 230. The van der Waals surface area contributed by atoms with Gasteiger partial charge in [0, 0.05) is 0 Å². The fraction of sp³-hybridized carbons (Fsp3) is 0.842. The van der Waals surface area contributed by atoms with Crippen LogP contribution in [0.25, 0.3) is 0 Å². The number of ketones is 1. The molecule has 0 atom stereocenters. The van der Waals surface area contributed by atoms with E-state index in [1.54, 1.807) is 13.0 Å². The minimum atomic E-state index is 0.166. The third-order valence-corrected chi connectivity index (χ3v) is 3.83. The maximum atomic E-state index is 10.7. The van der Waals surface area contributed by atoms with E-state index < -0.39 is 0 Å². The van der Waals surface area contributed by atoms with Crippen molar-refractivity contribution in [3.8, 4) is 0 Å². The number of unbranched alkanes of at least 4 members (excludes halogenated alkanes) is 13. The maximum Gasteiger partial charge on any atom is 0.152 e. The summed E-state index contributed by atoms with van der Waals surface area (Å²) in [6.45, 7) is 3.89. The summed E-state index contributed by atoms with van der Waals surface area (Å²) in [5.74, 6) is 0.166. The number of allylic oxidation sites excluding steroid dienone is 2. The molecule has 0 aliphatic rings. The van der Waals surface area contributed by atoms with Crippen LogP contribution in [0, 0.1) is 0 Å². The molecular formula is C19H36O. The van der Waals surface area contributed by atoms with Crippen LogP contribution in [-0.4, -0.2) is 5.78 Å². The minimum Gasteiger partial charge on any atom is -0.295 e. The average Bonchev–Trinajstić information content (AvgIpc) is 2.43. The van der Waals surface area contributed by atoms with E-state index in [1.807, 2.05) is 6.08 Å². The highest BCUT2D eigenvalue weighted by Crippen LogP contribution is 2.12. The van der Waals surface area contributed by atoms with E-state index in [0.717, 1.165) is 6.42 Å². The van der Waals surface area contributed by atoms with E-state index in [4.69, 9.17) is 0 Å². The largest absolute Gasteiger partial charge is 0.295 e. The van der Waals surface area contributed by atoms with E-state index in [-0.39, 0.29) is 5.78 Å². The van der Waals surface area contributed by atoms with Gasteiger partial charge in [-0.15, -0.1) is 0 Å². The van der Waals surface area contributed by atoms with Gasteiger partial charge >= 0.3 is 0 Å². The smallest absolute Gasteiger partial charge is 0.152 e. The average molecular weight is 280 g/mol. The number of carbonyl (C=O) groups excluding carboxylic acids is 1. The van der Waals surface area contributed by atoms with E-state index in [0.29, 0.717) is 0 Å². The van der Waals surface area contributed by atoms with Crippen molar-refractivity contribution in [3.63, 3.8) is 0 Å². The zero-order valence-corrected chi connectivity index (χ0v) is 14.0. The van der Waals surface area contributed by atoms with Crippen LogP contribution >= 0.6 is 0 Å². The molecule has 1 heteroatoms. The van der Waals surface area contributed by atoms with E-state index in [1.165, 1.54) is 83.5 Å². The Hall–Kier alpha value is -0.590. The minimum absolute atomic E-state index is 0.166. The molecular weight excluding hydrogens is 244 g/mol. The number of hydrogen-bond acceptors (Lipinski definition) is 1. The topological polar surface area (TPSA) is 17.1 Å². The first-order valence-electron chi connectivity index (χ1n) is 8.94. The second kappa shape index (κ2) is 16.5. The van der Waals surface area contributed by atoms with E-state index >= 15 is 0 Å². The second-order valence-electron chi connectivity index (χ2n) is 6.04. The first-order valence-corrected chi connectivity index (χ1v) is 8.94. The second-order valence-corrected chi connectivity index (χ2v) is 6.04. The Morgan fingerprint density at radius 2 is 1.10 bits per heavy atom. The van der Waals surface area contributed by atoms with Gasteiger partial charge in [-0.1, -0.05) is 90.0 Å². The summed E-state index contributed by atoms with van der Waals surface area (Å²) >= 11 is 0. The normalized spacial score (nSPS) is 11.3. The van der Waals surface area contributed by atoms with Crippen LogP contribution in [0.5, 0.6) is 0 Å². The standard InChI is InChI=1S/C19H36O/c1-3-4-5-6-7-8-9-10-11-12-13-14-15-16-17-18-19(2)20/h17-18H,3-16H2,1-2H3. The molecule has 0 heterocycles. The van der Waals surface area contributed by atoms with Crippen LogP contribution in [0.4, 0.5) is 0 Å². The first-order chi connectivity index (χ1) is 9.77. The first kappa shape index (κ1) is 19.4. The molecule has 0 bridgehead atoms. The fourth-order valence-electron chi connectivity index (χ4n) is 2.53. The van der Waals surface area contributed by atoms with Gasteiger partial charge in [0.2, 0.25) is 0 Å². The van der Waals surface area contributed by atoms with Crippen molar-refractivity contribution >= 4 is 5.78 Å². The lowest BCUT2D eigenvalue weighted by Crippen LogP contribution is -1.83. The van der Waals surface area contributed by atoms with Gasteiger partial charge in [-0.2, -0.15) is 0 Å². The predicted octanol–water partition coefficient (Wildman–Crippen LogP) is 6.61.